The first-order valence-electron chi connectivity index (χ1n) is 10.3. The molecule has 1 amide bonds. The molecule has 10 nitrogen and oxygen atoms in total. The Balaban J connectivity index is 1.87. The maximum absolute atomic E-state index is 12.7. The van der Waals surface area contributed by atoms with Crippen LogP contribution in [0.5, 0.6) is 11.5 Å². The van der Waals surface area contributed by atoms with Crippen LogP contribution in [-0.2, 0) is 14.9 Å². The molecule has 0 saturated heterocycles. The van der Waals surface area contributed by atoms with Crippen molar-refractivity contribution in [3.63, 3.8) is 0 Å². The molecule has 12 heteroatoms. The Kier molecular flexibility index (Phi) is 8.62. The van der Waals surface area contributed by atoms with E-state index in [1.807, 2.05) is 18.2 Å². The quantitative estimate of drug-likeness (QED) is 0.0887. The van der Waals surface area contributed by atoms with Gasteiger partial charge in [0.2, 0.25) is 0 Å². The number of benzene rings is 3. The molecular formula is C24H18IN3O7S. The van der Waals surface area contributed by atoms with E-state index in [-0.39, 0.29) is 34.3 Å². The summed E-state index contributed by atoms with van der Waals surface area (Å²) in [6.07, 6.45) is 1.34. The number of hydrogen-bond donors (Lipinski definition) is 1. The SMILES string of the molecule is CCOc1cc(/C=C(/C#N)C(=O)Nc2ccccc2I)ccc1OS(=O)(=O)c1ccc([N+](=O)[O-])cc1. The molecular weight excluding hydrogens is 601 g/mol. The number of halogens is 1. The van der Waals surface area contributed by atoms with Gasteiger partial charge < -0.3 is 14.2 Å². The minimum Gasteiger partial charge on any atom is -0.490 e. The van der Waals surface area contributed by atoms with Crippen molar-refractivity contribution in [2.75, 3.05) is 11.9 Å². The summed E-state index contributed by atoms with van der Waals surface area (Å²) in [7, 11) is -4.32. The summed E-state index contributed by atoms with van der Waals surface area (Å²) in [5.41, 5.74) is 0.510. The average Bonchev–Trinajstić information content (AvgIpc) is 2.85. The highest BCUT2D eigenvalue weighted by Gasteiger charge is 2.21. The number of nitro benzene ring substituents is 1. The summed E-state index contributed by atoms with van der Waals surface area (Å²) in [6, 6.07) is 17.4. The second-order valence-corrected chi connectivity index (χ2v) is 9.74. The lowest BCUT2D eigenvalue weighted by molar-refractivity contribution is -0.384. The summed E-state index contributed by atoms with van der Waals surface area (Å²) in [4.78, 5) is 22.5. The van der Waals surface area contributed by atoms with E-state index in [1.54, 1.807) is 19.1 Å². The Bertz CT molecular complexity index is 1480. The van der Waals surface area contributed by atoms with Crippen LogP contribution in [0.25, 0.3) is 6.08 Å². The fourth-order valence-electron chi connectivity index (χ4n) is 2.92. The predicted molar refractivity (Wildman–Crippen MR) is 140 cm³/mol. The minimum absolute atomic E-state index is 0.0621. The maximum atomic E-state index is 12.7. The van der Waals surface area contributed by atoms with Crippen molar-refractivity contribution in [2.24, 2.45) is 0 Å². The standard InChI is InChI=1S/C24H18IN3O7S/c1-2-34-23-14-16(13-17(15-26)24(29)27-21-6-4-3-5-20(21)25)7-12-22(23)35-36(32,33)19-10-8-18(9-11-19)28(30)31/h3-14H,2H2,1H3,(H,27,29)/b17-13-. The molecule has 0 radical (unpaired) electrons. The van der Waals surface area contributed by atoms with E-state index in [0.717, 1.165) is 27.8 Å². The third kappa shape index (κ3) is 6.58. The van der Waals surface area contributed by atoms with E-state index >= 15 is 0 Å². The summed E-state index contributed by atoms with van der Waals surface area (Å²) in [5, 5.41) is 23.0. The highest BCUT2D eigenvalue weighted by Crippen LogP contribution is 2.32. The van der Waals surface area contributed by atoms with Crippen LogP contribution >= 0.6 is 22.6 Å². The number of carbonyl (C=O) groups is 1. The van der Waals surface area contributed by atoms with E-state index in [0.29, 0.717) is 11.3 Å². The number of carbonyl (C=O) groups excluding carboxylic acids is 1. The van der Waals surface area contributed by atoms with Crippen LogP contribution in [0.15, 0.2) is 77.2 Å². The summed E-state index contributed by atoms with van der Waals surface area (Å²) in [5.74, 6) is -0.679. The van der Waals surface area contributed by atoms with E-state index in [9.17, 15) is 28.6 Å². The molecule has 1 N–H and O–H groups in total. The van der Waals surface area contributed by atoms with Crippen molar-refractivity contribution >= 4 is 56.1 Å². The molecule has 3 aromatic carbocycles. The van der Waals surface area contributed by atoms with Crippen LogP contribution in [0, 0.1) is 25.0 Å². The lowest BCUT2D eigenvalue weighted by Gasteiger charge is -2.13. The van der Waals surface area contributed by atoms with Crippen LogP contribution in [0.1, 0.15) is 12.5 Å². The molecule has 0 saturated carbocycles. The summed E-state index contributed by atoms with van der Waals surface area (Å²) in [6.45, 7) is 1.87. The van der Waals surface area contributed by atoms with Gasteiger partial charge in [-0.25, -0.2) is 0 Å². The van der Waals surface area contributed by atoms with Crippen LogP contribution < -0.4 is 14.2 Å². The number of amides is 1. The number of nitrogens with one attached hydrogen (secondary N) is 1. The molecule has 0 unspecified atom stereocenters. The second kappa shape index (κ2) is 11.6. The Hall–Kier alpha value is -3.96. The number of non-ortho nitro benzene ring substituents is 1. The first-order chi connectivity index (χ1) is 17.1. The van der Waals surface area contributed by atoms with Gasteiger partial charge >= 0.3 is 10.1 Å². The van der Waals surface area contributed by atoms with Gasteiger partial charge in [0.1, 0.15) is 16.5 Å². The van der Waals surface area contributed by atoms with Gasteiger partial charge in [-0.15, -0.1) is 0 Å². The van der Waals surface area contributed by atoms with Gasteiger partial charge in [0, 0.05) is 15.7 Å². The Labute approximate surface area is 220 Å². The molecule has 0 atom stereocenters. The number of hydrogen-bond acceptors (Lipinski definition) is 8. The van der Waals surface area contributed by atoms with E-state index < -0.39 is 20.9 Å². The Morgan fingerprint density at radius 2 is 1.83 bits per heavy atom. The highest BCUT2D eigenvalue weighted by atomic mass is 127. The molecule has 0 aromatic heterocycles. The topological polar surface area (TPSA) is 149 Å². The van der Waals surface area contributed by atoms with Gasteiger partial charge in [-0.1, -0.05) is 18.2 Å². The third-order valence-corrected chi connectivity index (χ3v) is 6.79. The van der Waals surface area contributed by atoms with Crippen molar-refractivity contribution < 1.29 is 27.1 Å². The molecule has 36 heavy (non-hydrogen) atoms. The Morgan fingerprint density at radius 1 is 1.14 bits per heavy atom. The molecule has 0 spiro atoms. The lowest BCUT2D eigenvalue weighted by atomic mass is 10.1. The van der Waals surface area contributed by atoms with Crippen molar-refractivity contribution in [3.8, 4) is 17.6 Å². The van der Waals surface area contributed by atoms with E-state index in [2.05, 4.69) is 27.9 Å². The number of nitriles is 1. The second-order valence-electron chi connectivity index (χ2n) is 7.03. The number of ether oxygens (including phenoxy) is 1. The number of para-hydroxylation sites is 1. The van der Waals surface area contributed by atoms with Gasteiger partial charge in [-0.3, -0.25) is 14.9 Å². The van der Waals surface area contributed by atoms with Crippen molar-refractivity contribution in [3.05, 3.63) is 91.6 Å². The number of nitro groups is 1. The van der Waals surface area contributed by atoms with Crippen LogP contribution in [-0.4, -0.2) is 25.9 Å². The van der Waals surface area contributed by atoms with Crippen molar-refractivity contribution in [1.29, 1.82) is 5.26 Å². The Morgan fingerprint density at radius 3 is 2.44 bits per heavy atom. The first kappa shape index (κ1) is 26.6. The molecule has 0 aliphatic carbocycles. The minimum atomic E-state index is -4.32. The van der Waals surface area contributed by atoms with Crippen molar-refractivity contribution in [1.82, 2.24) is 0 Å². The fraction of sp³-hybridized carbons (Fsp3) is 0.0833. The van der Waals surface area contributed by atoms with Gasteiger partial charge in [-0.2, -0.15) is 13.7 Å². The fourth-order valence-corrected chi connectivity index (χ4v) is 4.38. The molecule has 0 heterocycles. The zero-order valence-corrected chi connectivity index (χ0v) is 21.6. The zero-order chi connectivity index (χ0) is 26.3. The summed E-state index contributed by atoms with van der Waals surface area (Å²) >= 11 is 2.06. The van der Waals surface area contributed by atoms with Crippen LogP contribution in [0.2, 0.25) is 0 Å². The first-order valence-corrected chi connectivity index (χ1v) is 12.8. The molecule has 184 valence electrons. The molecule has 0 bridgehead atoms. The average molecular weight is 619 g/mol. The zero-order valence-electron chi connectivity index (χ0n) is 18.7. The van der Waals surface area contributed by atoms with E-state index in [4.69, 9.17) is 8.92 Å². The maximum Gasteiger partial charge on any atom is 0.339 e. The predicted octanol–water partition coefficient (Wildman–Crippen LogP) is 4.91. The number of rotatable bonds is 9. The highest BCUT2D eigenvalue weighted by molar-refractivity contribution is 14.1. The van der Waals surface area contributed by atoms with Gasteiger partial charge in [-0.05, 0) is 77.6 Å². The summed E-state index contributed by atoms with van der Waals surface area (Å²) < 4.78 is 36.9. The third-order valence-electron chi connectivity index (χ3n) is 4.60. The molecule has 3 rings (SSSR count). The largest absolute Gasteiger partial charge is 0.490 e. The van der Waals surface area contributed by atoms with E-state index in [1.165, 1.54) is 24.3 Å². The van der Waals surface area contributed by atoms with Gasteiger partial charge in [0.15, 0.2) is 11.5 Å². The molecule has 3 aromatic rings. The molecule has 0 fully saturated rings. The van der Waals surface area contributed by atoms with Gasteiger partial charge in [0.25, 0.3) is 11.6 Å². The van der Waals surface area contributed by atoms with Crippen LogP contribution in [0.4, 0.5) is 11.4 Å². The van der Waals surface area contributed by atoms with Crippen molar-refractivity contribution in [2.45, 2.75) is 11.8 Å². The monoisotopic (exact) mass is 619 g/mol. The smallest absolute Gasteiger partial charge is 0.339 e. The number of nitrogens with zero attached hydrogens (tertiary/aromatic N) is 2. The molecule has 0 aliphatic heterocycles. The number of anilines is 1. The van der Waals surface area contributed by atoms with Crippen LogP contribution in [0.3, 0.4) is 0 Å². The normalized spacial score (nSPS) is 11.3. The lowest BCUT2D eigenvalue weighted by Crippen LogP contribution is -2.14. The molecule has 0 aliphatic rings. The van der Waals surface area contributed by atoms with Gasteiger partial charge in [0.05, 0.1) is 17.2 Å².